The van der Waals surface area contributed by atoms with Crippen molar-refractivity contribution in [2.75, 3.05) is 6.61 Å². The zero-order valence-electron chi connectivity index (χ0n) is 13.9. The van der Waals surface area contributed by atoms with Crippen LogP contribution in [0.4, 0.5) is 0 Å². The van der Waals surface area contributed by atoms with Crippen LogP contribution in [0.5, 0.6) is 5.75 Å². The van der Waals surface area contributed by atoms with Gasteiger partial charge >= 0.3 is 0 Å². The van der Waals surface area contributed by atoms with Crippen LogP contribution in [0.15, 0.2) is 54.6 Å². The van der Waals surface area contributed by atoms with Crippen molar-refractivity contribution in [3.63, 3.8) is 0 Å². The van der Waals surface area contributed by atoms with E-state index >= 15 is 0 Å². The van der Waals surface area contributed by atoms with E-state index in [-0.39, 0.29) is 23.7 Å². The van der Waals surface area contributed by atoms with E-state index in [1.54, 1.807) is 18.2 Å². The maximum atomic E-state index is 12.1. The molecule has 2 rings (SSSR count). The number of amides is 2. The van der Waals surface area contributed by atoms with Crippen molar-refractivity contribution in [1.82, 2.24) is 5.32 Å². The van der Waals surface area contributed by atoms with Gasteiger partial charge in [-0.25, -0.2) is 0 Å². The average Bonchev–Trinajstić information content (AvgIpc) is 2.60. The van der Waals surface area contributed by atoms with Crippen LogP contribution < -0.4 is 15.8 Å². The Labute approximate surface area is 146 Å². The third-order valence-corrected chi connectivity index (χ3v) is 3.62. The highest BCUT2D eigenvalue weighted by Gasteiger charge is 2.18. The Balaban J connectivity index is 1.96. The molecule has 0 saturated carbocycles. The van der Waals surface area contributed by atoms with Crippen LogP contribution >= 0.6 is 0 Å². The van der Waals surface area contributed by atoms with Crippen LogP contribution in [0.2, 0.25) is 0 Å². The number of nitrogens with one attached hydrogen (secondary N) is 1. The molecule has 0 aliphatic heterocycles. The molecule has 130 valence electrons. The van der Waals surface area contributed by atoms with Gasteiger partial charge in [0.25, 0.3) is 11.8 Å². The molecule has 0 fully saturated rings. The molecule has 0 bridgehead atoms. The molecule has 3 N–H and O–H groups in total. The molecule has 0 saturated heterocycles. The molecular formula is C19H20N2O4. The van der Waals surface area contributed by atoms with E-state index in [4.69, 9.17) is 10.5 Å². The van der Waals surface area contributed by atoms with Crippen molar-refractivity contribution in [1.29, 1.82) is 0 Å². The zero-order chi connectivity index (χ0) is 18.2. The van der Waals surface area contributed by atoms with Crippen molar-refractivity contribution in [2.24, 2.45) is 5.73 Å². The molecule has 6 heteroatoms. The summed E-state index contributed by atoms with van der Waals surface area (Å²) in [4.78, 5) is 35.2. The first-order valence-corrected chi connectivity index (χ1v) is 7.82. The lowest BCUT2D eigenvalue weighted by molar-refractivity contribution is -0.128. The predicted octanol–water partition coefficient (Wildman–Crippen LogP) is 1.48. The summed E-state index contributed by atoms with van der Waals surface area (Å²) >= 11 is 0. The van der Waals surface area contributed by atoms with Crippen LogP contribution in [0.1, 0.15) is 22.8 Å². The number of para-hydroxylation sites is 1. The van der Waals surface area contributed by atoms with Gasteiger partial charge < -0.3 is 15.8 Å². The molecule has 0 spiro atoms. The predicted molar refractivity (Wildman–Crippen MR) is 93.2 cm³/mol. The van der Waals surface area contributed by atoms with E-state index in [0.717, 1.165) is 5.56 Å². The van der Waals surface area contributed by atoms with Crippen molar-refractivity contribution in [2.45, 2.75) is 19.4 Å². The Morgan fingerprint density at radius 2 is 1.68 bits per heavy atom. The van der Waals surface area contributed by atoms with Gasteiger partial charge in [-0.3, -0.25) is 14.4 Å². The maximum absolute atomic E-state index is 12.1. The Hall–Kier alpha value is -3.15. The Morgan fingerprint density at radius 3 is 2.32 bits per heavy atom. The first-order chi connectivity index (χ1) is 12.0. The number of rotatable bonds is 8. The number of carbonyl (C=O) groups excluding carboxylic acids is 3. The summed E-state index contributed by atoms with van der Waals surface area (Å²) < 4.78 is 5.37. The summed E-state index contributed by atoms with van der Waals surface area (Å²) in [6.07, 6.45) is 0.403. The van der Waals surface area contributed by atoms with Gasteiger partial charge in [-0.05, 0) is 31.0 Å². The number of benzene rings is 2. The number of ether oxygens (including phenoxy) is 1. The fourth-order valence-corrected chi connectivity index (χ4v) is 2.32. The van der Waals surface area contributed by atoms with Gasteiger partial charge in [-0.1, -0.05) is 42.5 Å². The average molecular weight is 340 g/mol. The zero-order valence-corrected chi connectivity index (χ0v) is 13.9. The lowest BCUT2D eigenvalue weighted by atomic mass is 10.0. The van der Waals surface area contributed by atoms with Crippen LogP contribution in [-0.4, -0.2) is 30.2 Å². The summed E-state index contributed by atoms with van der Waals surface area (Å²) in [5.41, 5.74) is 6.41. The highest BCUT2D eigenvalue weighted by atomic mass is 16.5. The minimum atomic E-state index is -0.637. The molecule has 2 aromatic carbocycles. The molecule has 6 nitrogen and oxygen atoms in total. The summed E-state index contributed by atoms with van der Waals surface area (Å²) in [7, 11) is 0. The first-order valence-electron chi connectivity index (χ1n) is 7.82. The smallest absolute Gasteiger partial charge is 0.258 e. The highest BCUT2D eigenvalue weighted by molar-refractivity contribution is 5.95. The number of hydrogen-bond acceptors (Lipinski definition) is 4. The van der Waals surface area contributed by atoms with E-state index in [9.17, 15) is 14.4 Å². The third-order valence-electron chi connectivity index (χ3n) is 3.62. The lowest BCUT2D eigenvalue weighted by Gasteiger charge is -2.16. The first kappa shape index (κ1) is 18.2. The molecule has 25 heavy (non-hydrogen) atoms. The number of primary amides is 1. The van der Waals surface area contributed by atoms with E-state index < -0.39 is 17.9 Å². The van der Waals surface area contributed by atoms with Gasteiger partial charge in [-0.15, -0.1) is 0 Å². The molecule has 0 radical (unpaired) electrons. The Kier molecular flexibility index (Phi) is 6.28. The Bertz CT molecular complexity index is 759. The van der Waals surface area contributed by atoms with Crippen molar-refractivity contribution < 1.29 is 19.1 Å². The van der Waals surface area contributed by atoms with Crippen LogP contribution in [0, 0.1) is 0 Å². The fourth-order valence-electron chi connectivity index (χ4n) is 2.32. The van der Waals surface area contributed by atoms with Crippen molar-refractivity contribution in [3.05, 3.63) is 65.7 Å². The summed E-state index contributed by atoms with van der Waals surface area (Å²) in [6.45, 7) is 1.11. The molecule has 1 atom stereocenters. The van der Waals surface area contributed by atoms with E-state index in [1.165, 1.54) is 13.0 Å². The Morgan fingerprint density at radius 1 is 1.04 bits per heavy atom. The topological polar surface area (TPSA) is 98.5 Å². The number of ketones is 1. The van der Waals surface area contributed by atoms with Gasteiger partial charge in [0, 0.05) is 0 Å². The minimum Gasteiger partial charge on any atom is -0.483 e. The molecule has 2 aromatic rings. The lowest BCUT2D eigenvalue weighted by Crippen LogP contribution is -2.43. The number of Topliss-reactive ketones (excluding diaryl/α,β-unsaturated/α-hetero) is 1. The third kappa shape index (κ3) is 5.46. The summed E-state index contributed by atoms with van der Waals surface area (Å²) in [5, 5.41) is 2.65. The van der Waals surface area contributed by atoms with Gasteiger partial charge in [0.05, 0.1) is 11.6 Å². The molecule has 1 unspecified atom stereocenters. The maximum Gasteiger partial charge on any atom is 0.258 e. The molecule has 0 aliphatic carbocycles. The molecular weight excluding hydrogens is 320 g/mol. The van der Waals surface area contributed by atoms with Gasteiger partial charge in [0.2, 0.25) is 0 Å². The monoisotopic (exact) mass is 340 g/mol. The van der Waals surface area contributed by atoms with Gasteiger partial charge in [0.1, 0.15) is 5.75 Å². The highest BCUT2D eigenvalue weighted by Crippen LogP contribution is 2.16. The van der Waals surface area contributed by atoms with E-state index in [0.29, 0.717) is 6.42 Å². The van der Waals surface area contributed by atoms with Gasteiger partial charge in [-0.2, -0.15) is 0 Å². The quantitative estimate of drug-likeness (QED) is 0.760. The minimum absolute atomic E-state index is 0.144. The van der Waals surface area contributed by atoms with Gasteiger partial charge in [0.15, 0.2) is 12.4 Å². The number of carbonyl (C=O) groups is 3. The molecule has 2 amide bonds. The van der Waals surface area contributed by atoms with Crippen LogP contribution in [0.3, 0.4) is 0 Å². The summed E-state index contributed by atoms with van der Waals surface area (Å²) in [5.74, 6) is -1.00. The number of nitrogens with two attached hydrogens (primary N) is 1. The molecule has 0 heterocycles. The van der Waals surface area contributed by atoms with Crippen molar-refractivity contribution in [3.8, 4) is 5.75 Å². The van der Waals surface area contributed by atoms with Crippen LogP contribution in [0.25, 0.3) is 0 Å². The van der Waals surface area contributed by atoms with E-state index in [2.05, 4.69) is 5.32 Å². The largest absolute Gasteiger partial charge is 0.483 e. The SMILES string of the molecule is CC(=O)C(Cc1ccccc1)NC(=O)COc1ccccc1C(N)=O. The van der Waals surface area contributed by atoms with Crippen LogP contribution in [-0.2, 0) is 16.0 Å². The molecule has 0 aromatic heterocycles. The second kappa shape index (κ2) is 8.63. The van der Waals surface area contributed by atoms with Crippen molar-refractivity contribution >= 4 is 17.6 Å². The summed E-state index contributed by atoms with van der Waals surface area (Å²) in [6, 6.07) is 15.2. The second-order valence-electron chi connectivity index (χ2n) is 5.57. The molecule has 0 aliphatic rings. The standard InChI is InChI=1S/C19H20N2O4/c1-13(22)16(11-14-7-3-2-4-8-14)21-18(23)12-25-17-10-6-5-9-15(17)19(20)24/h2-10,16H,11-12H2,1H3,(H2,20,24)(H,21,23). The second-order valence-corrected chi connectivity index (χ2v) is 5.57. The normalized spacial score (nSPS) is 11.4. The van der Waals surface area contributed by atoms with E-state index in [1.807, 2.05) is 30.3 Å². The fraction of sp³-hybridized carbons (Fsp3) is 0.211. The number of hydrogen-bond donors (Lipinski definition) is 2.